The summed E-state index contributed by atoms with van der Waals surface area (Å²) in [6.45, 7) is 7.05. The zero-order chi connectivity index (χ0) is 19.9. The number of hydrogen-bond donors (Lipinski definition) is 0. The maximum absolute atomic E-state index is 12.4. The largest absolute Gasteiger partial charge is 1.00 e. The Labute approximate surface area is 182 Å². The van der Waals surface area contributed by atoms with Crippen molar-refractivity contribution in [1.29, 1.82) is 0 Å². The van der Waals surface area contributed by atoms with Crippen molar-refractivity contribution in [2.45, 2.75) is 52.0 Å². The summed E-state index contributed by atoms with van der Waals surface area (Å²) in [5.74, 6) is -4.16. The van der Waals surface area contributed by atoms with Gasteiger partial charge in [-0.2, -0.15) is 0 Å². The molecule has 7 nitrogen and oxygen atoms in total. The van der Waals surface area contributed by atoms with Crippen LogP contribution >= 0.6 is 0 Å². The van der Waals surface area contributed by atoms with Crippen LogP contribution in [0.15, 0.2) is 37.0 Å². The van der Waals surface area contributed by atoms with Gasteiger partial charge in [0.05, 0.1) is 0 Å². The SMILES string of the molecule is C=CCOC(=O)C(CC(=O)[O-])N(C(=O)/C=C/CCC)C(=O)/C=C/CCC.[Na+]. The van der Waals surface area contributed by atoms with Gasteiger partial charge in [-0.15, -0.1) is 0 Å². The number of allylic oxidation sites excluding steroid dienone is 2. The van der Waals surface area contributed by atoms with E-state index < -0.39 is 36.2 Å². The molecule has 0 rings (SSSR count). The fourth-order valence-electron chi connectivity index (χ4n) is 1.95. The van der Waals surface area contributed by atoms with Crippen LogP contribution in [0.4, 0.5) is 0 Å². The van der Waals surface area contributed by atoms with Crippen LogP contribution in [0.5, 0.6) is 0 Å². The summed E-state index contributed by atoms with van der Waals surface area (Å²) in [4.78, 5) is 48.7. The molecule has 0 aromatic heterocycles. The molecule has 0 N–H and O–H groups in total. The maximum atomic E-state index is 12.4. The van der Waals surface area contributed by atoms with Gasteiger partial charge in [-0.05, 0) is 25.0 Å². The third kappa shape index (κ3) is 11.6. The number of aliphatic carboxylic acids is 1. The molecule has 1 unspecified atom stereocenters. The average molecular weight is 387 g/mol. The average Bonchev–Trinajstić information content (AvgIpc) is 2.59. The minimum Gasteiger partial charge on any atom is -0.550 e. The number of unbranched alkanes of at least 4 members (excludes halogenated alkanes) is 2. The zero-order valence-corrected chi connectivity index (χ0v) is 18.3. The standard InChI is InChI=1S/C19H27NO6.Na/c1-4-7-9-11-16(21)20(17(22)12-10-8-5-2)15(14-18(23)24)19(25)26-13-6-3;/h6,9-12,15H,3-5,7-8,13-14H2,1-2H3,(H,23,24);/q;+1/p-1/b11-9+,12-10+;. The summed E-state index contributed by atoms with van der Waals surface area (Å²) in [5, 5.41) is 11.0. The number of imide groups is 1. The summed E-state index contributed by atoms with van der Waals surface area (Å²) in [6, 6.07) is -1.61. The summed E-state index contributed by atoms with van der Waals surface area (Å²) < 4.78 is 4.84. The van der Waals surface area contributed by atoms with Crippen LogP contribution < -0.4 is 34.7 Å². The van der Waals surface area contributed by atoms with E-state index in [4.69, 9.17) is 4.74 Å². The number of nitrogens with zero attached hydrogens (tertiary/aromatic N) is 1. The van der Waals surface area contributed by atoms with Crippen molar-refractivity contribution in [3.05, 3.63) is 37.0 Å². The van der Waals surface area contributed by atoms with Crippen LogP contribution in [0, 0.1) is 0 Å². The molecule has 0 bridgehead atoms. The van der Waals surface area contributed by atoms with Crippen molar-refractivity contribution in [3.63, 3.8) is 0 Å². The molecule has 144 valence electrons. The molecule has 0 saturated carbocycles. The number of carboxylic acid groups (broad SMARTS) is 1. The van der Waals surface area contributed by atoms with Crippen LogP contribution in [0.3, 0.4) is 0 Å². The number of amides is 2. The van der Waals surface area contributed by atoms with Crippen molar-refractivity contribution in [3.8, 4) is 0 Å². The Bertz CT molecular complexity index is 543. The first-order valence-electron chi connectivity index (χ1n) is 8.56. The minimum absolute atomic E-state index is 0. The third-order valence-corrected chi connectivity index (χ3v) is 3.19. The number of carboxylic acids is 1. The second-order valence-electron chi connectivity index (χ2n) is 5.44. The van der Waals surface area contributed by atoms with Crippen LogP contribution in [0.1, 0.15) is 46.0 Å². The van der Waals surface area contributed by atoms with Crippen molar-refractivity contribution >= 4 is 23.8 Å². The first-order chi connectivity index (χ1) is 12.4. The zero-order valence-electron chi connectivity index (χ0n) is 16.3. The van der Waals surface area contributed by atoms with Gasteiger partial charge in [-0.3, -0.25) is 14.5 Å². The topological polar surface area (TPSA) is 104 Å². The molecule has 0 heterocycles. The van der Waals surface area contributed by atoms with E-state index in [0.717, 1.165) is 25.0 Å². The molecule has 2 amide bonds. The number of rotatable bonds is 12. The molecular weight excluding hydrogens is 361 g/mol. The van der Waals surface area contributed by atoms with E-state index in [1.165, 1.54) is 6.08 Å². The predicted octanol–water partition coefficient (Wildman–Crippen LogP) is -1.70. The van der Waals surface area contributed by atoms with Crippen molar-refractivity contribution in [2.75, 3.05) is 6.61 Å². The third-order valence-electron chi connectivity index (χ3n) is 3.19. The quantitative estimate of drug-likeness (QED) is 0.171. The molecule has 0 radical (unpaired) electrons. The summed E-state index contributed by atoms with van der Waals surface area (Å²) >= 11 is 0. The van der Waals surface area contributed by atoms with Gasteiger partial charge in [0, 0.05) is 12.4 Å². The number of esters is 1. The van der Waals surface area contributed by atoms with Crippen molar-refractivity contribution in [2.24, 2.45) is 0 Å². The molecule has 0 aliphatic heterocycles. The molecule has 0 saturated heterocycles. The van der Waals surface area contributed by atoms with Crippen molar-refractivity contribution in [1.82, 2.24) is 4.90 Å². The Hall–Kier alpha value is -1.70. The Morgan fingerprint density at radius 1 is 1.04 bits per heavy atom. The molecule has 0 aromatic rings. The first kappa shape index (κ1) is 27.5. The smallest absolute Gasteiger partial charge is 0.550 e. The molecule has 0 aromatic carbocycles. The van der Waals surface area contributed by atoms with E-state index in [1.807, 2.05) is 13.8 Å². The van der Waals surface area contributed by atoms with E-state index in [0.29, 0.717) is 17.7 Å². The van der Waals surface area contributed by atoms with Gasteiger partial charge in [0.25, 0.3) is 11.8 Å². The van der Waals surface area contributed by atoms with E-state index in [-0.39, 0.29) is 36.2 Å². The number of carbonyl (C=O) groups excluding carboxylic acids is 4. The van der Waals surface area contributed by atoms with Crippen LogP contribution in [0.25, 0.3) is 0 Å². The van der Waals surface area contributed by atoms with Crippen LogP contribution in [0.2, 0.25) is 0 Å². The van der Waals surface area contributed by atoms with E-state index in [2.05, 4.69) is 6.58 Å². The molecular formula is C19H26NNaO6. The number of hydrogen-bond acceptors (Lipinski definition) is 6. The van der Waals surface area contributed by atoms with Gasteiger partial charge >= 0.3 is 35.5 Å². The molecule has 1 atom stereocenters. The Morgan fingerprint density at radius 3 is 1.89 bits per heavy atom. The fourth-order valence-corrected chi connectivity index (χ4v) is 1.95. The Balaban J connectivity index is 0. The molecule has 0 aliphatic carbocycles. The summed E-state index contributed by atoms with van der Waals surface area (Å²) in [5.41, 5.74) is 0. The van der Waals surface area contributed by atoms with Gasteiger partial charge in [-0.25, -0.2) is 4.79 Å². The van der Waals surface area contributed by atoms with E-state index >= 15 is 0 Å². The molecule has 8 heteroatoms. The molecule has 0 aliphatic rings. The van der Waals surface area contributed by atoms with E-state index in [1.54, 1.807) is 12.2 Å². The summed E-state index contributed by atoms with van der Waals surface area (Å²) in [6.07, 6.45) is 8.65. The molecule has 0 spiro atoms. The number of carbonyl (C=O) groups is 4. The van der Waals surface area contributed by atoms with Gasteiger partial charge in [0.2, 0.25) is 0 Å². The normalized spacial score (nSPS) is 11.6. The fraction of sp³-hybridized carbons (Fsp3) is 0.474. The van der Waals surface area contributed by atoms with Gasteiger partial charge in [-0.1, -0.05) is 51.5 Å². The second-order valence-corrected chi connectivity index (χ2v) is 5.44. The van der Waals surface area contributed by atoms with Gasteiger partial charge < -0.3 is 14.6 Å². The Morgan fingerprint density at radius 2 is 1.52 bits per heavy atom. The first-order valence-corrected chi connectivity index (χ1v) is 8.56. The van der Waals surface area contributed by atoms with Gasteiger partial charge in [0.15, 0.2) is 0 Å². The van der Waals surface area contributed by atoms with Crippen molar-refractivity contribution < 1.29 is 58.6 Å². The van der Waals surface area contributed by atoms with Crippen LogP contribution in [-0.2, 0) is 23.9 Å². The molecule has 0 fully saturated rings. The molecule has 27 heavy (non-hydrogen) atoms. The monoisotopic (exact) mass is 387 g/mol. The number of ether oxygens (including phenoxy) is 1. The van der Waals surface area contributed by atoms with Gasteiger partial charge in [0.1, 0.15) is 12.6 Å². The van der Waals surface area contributed by atoms with Crippen LogP contribution in [-0.4, -0.2) is 41.3 Å². The minimum atomic E-state index is -1.61. The van der Waals surface area contributed by atoms with E-state index in [9.17, 15) is 24.3 Å². The maximum Gasteiger partial charge on any atom is 1.00 e. The second kappa shape index (κ2) is 16.5. The predicted molar refractivity (Wildman–Crippen MR) is 94.5 cm³/mol. The summed E-state index contributed by atoms with van der Waals surface area (Å²) in [7, 11) is 0. The Kier molecular flexibility index (Phi) is 16.8.